The number of anilines is 1. The number of carbonyl (C=O) groups is 1. The van der Waals surface area contributed by atoms with Crippen LogP contribution in [0.2, 0.25) is 0 Å². The van der Waals surface area contributed by atoms with Crippen molar-refractivity contribution in [2.24, 2.45) is 0 Å². The van der Waals surface area contributed by atoms with Crippen LogP contribution in [0.4, 0.5) is 5.69 Å². The number of rotatable bonds is 2. The zero-order valence-electron chi connectivity index (χ0n) is 9.54. The van der Waals surface area contributed by atoms with E-state index in [0.29, 0.717) is 5.69 Å². The van der Waals surface area contributed by atoms with Crippen LogP contribution in [0.25, 0.3) is 0 Å². The topological polar surface area (TPSA) is 57.8 Å². The molecule has 2 aromatic rings. The van der Waals surface area contributed by atoms with Crippen molar-refractivity contribution in [3.63, 3.8) is 0 Å². The van der Waals surface area contributed by atoms with Gasteiger partial charge in [0.1, 0.15) is 5.69 Å². The van der Waals surface area contributed by atoms with E-state index in [0.717, 1.165) is 21.3 Å². The number of benzene rings is 1. The number of aryl methyl sites for hydroxylation is 2. The Morgan fingerprint density at radius 3 is 2.76 bits per heavy atom. The van der Waals surface area contributed by atoms with Crippen molar-refractivity contribution < 1.29 is 4.79 Å². The number of hydrogen-bond acceptors (Lipinski definition) is 2. The largest absolute Gasteiger partial charge is 0.319 e. The van der Waals surface area contributed by atoms with E-state index in [1.165, 1.54) is 0 Å². The molecular weight excluding hydrogens is 282 g/mol. The summed E-state index contributed by atoms with van der Waals surface area (Å²) in [7, 11) is 0. The van der Waals surface area contributed by atoms with Crippen molar-refractivity contribution in [2.45, 2.75) is 13.8 Å². The van der Waals surface area contributed by atoms with Gasteiger partial charge in [-0.05, 0) is 53.0 Å². The van der Waals surface area contributed by atoms with E-state index < -0.39 is 0 Å². The fourth-order valence-electron chi connectivity index (χ4n) is 1.64. The number of aromatic amines is 1. The Bertz CT molecular complexity index is 526. The van der Waals surface area contributed by atoms with E-state index in [4.69, 9.17) is 0 Å². The average Bonchev–Trinajstić information content (AvgIpc) is 2.76. The van der Waals surface area contributed by atoms with Crippen molar-refractivity contribution in [1.82, 2.24) is 10.2 Å². The Morgan fingerprint density at radius 2 is 2.18 bits per heavy atom. The molecule has 5 heteroatoms. The molecule has 1 aromatic heterocycles. The SMILES string of the molecule is Cc1cc(C)c(NC(=O)c2ccn[nH]2)c(Br)c1. The van der Waals surface area contributed by atoms with E-state index >= 15 is 0 Å². The first-order valence-electron chi connectivity index (χ1n) is 5.15. The van der Waals surface area contributed by atoms with Gasteiger partial charge < -0.3 is 5.32 Å². The van der Waals surface area contributed by atoms with Gasteiger partial charge in [0, 0.05) is 10.7 Å². The number of carbonyl (C=O) groups excluding carboxylic acids is 1. The molecular formula is C12H12BrN3O. The van der Waals surface area contributed by atoms with Gasteiger partial charge in [-0.1, -0.05) is 6.07 Å². The van der Waals surface area contributed by atoms with Crippen molar-refractivity contribution >= 4 is 27.5 Å². The molecule has 17 heavy (non-hydrogen) atoms. The molecule has 0 atom stereocenters. The molecule has 0 radical (unpaired) electrons. The van der Waals surface area contributed by atoms with Gasteiger partial charge in [-0.3, -0.25) is 9.89 Å². The third-order valence-corrected chi connectivity index (χ3v) is 3.04. The Balaban J connectivity index is 2.28. The zero-order valence-corrected chi connectivity index (χ0v) is 11.1. The third kappa shape index (κ3) is 2.55. The molecule has 2 rings (SSSR count). The van der Waals surface area contributed by atoms with Crippen LogP contribution in [-0.2, 0) is 0 Å². The van der Waals surface area contributed by atoms with Crippen LogP contribution < -0.4 is 5.32 Å². The third-order valence-electron chi connectivity index (χ3n) is 2.42. The lowest BCUT2D eigenvalue weighted by molar-refractivity contribution is 0.102. The second-order valence-corrected chi connectivity index (χ2v) is 4.72. The predicted octanol–water partition coefficient (Wildman–Crippen LogP) is 3.04. The van der Waals surface area contributed by atoms with Crippen LogP contribution in [0.15, 0.2) is 28.9 Å². The molecule has 1 heterocycles. The highest BCUT2D eigenvalue weighted by Crippen LogP contribution is 2.28. The van der Waals surface area contributed by atoms with Gasteiger partial charge in [0.05, 0.1) is 5.69 Å². The molecule has 0 spiro atoms. The molecule has 1 amide bonds. The first-order valence-corrected chi connectivity index (χ1v) is 5.94. The minimum Gasteiger partial charge on any atom is -0.319 e. The van der Waals surface area contributed by atoms with Gasteiger partial charge in [0.2, 0.25) is 0 Å². The van der Waals surface area contributed by atoms with Crippen molar-refractivity contribution in [1.29, 1.82) is 0 Å². The van der Waals surface area contributed by atoms with Crippen LogP contribution in [0, 0.1) is 13.8 Å². The fraction of sp³-hybridized carbons (Fsp3) is 0.167. The van der Waals surface area contributed by atoms with E-state index in [-0.39, 0.29) is 5.91 Å². The maximum atomic E-state index is 11.9. The van der Waals surface area contributed by atoms with Crippen molar-refractivity contribution in [3.05, 3.63) is 45.7 Å². The summed E-state index contributed by atoms with van der Waals surface area (Å²) in [5, 5.41) is 9.23. The maximum absolute atomic E-state index is 11.9. The van der Waals surface area contributed by atoms with Gasteiger partial charge in [-0.15, -0.1) is 0 Å². The summed E-state index contributed by atoms with van der Waals surface area (Å²) in [6.07, 6.45) is 1.55. The molecule has 1 aromatic carbocycles. The van der Waals surface area contributed by atoms with Crippen LogP contribution in [-0.4, -0.2) is 16.1 Å². The number of halogens is 1. The second kappa shape index (κ2) is 4.71. The summed E-state index contributed by atoms with van der Waals surface area (Å²) >= 11 is 3.45. The molecule has 4 nitrogen and oxygen atoms in total. The monoisotopic (exact) mass is 293 g/mol. The average molecular weight is 294 g/mol. The van der Waals surface area contributed by atoms with Crippen LogP contribution in [0.3, 0.4) is 0 Å². The molecule has 0 aliphatic carbocycles. The summed E-state index contributed by atoms with van der Waals surface area (Å²) in [4.78, 5) is 11.9. The van der Waals surface area contributed by atoms with E-state index in [1.807, 2.05) is 26.0 Å². The summed E-state index contributed by atoms with van der Waals surface area (Å²) in [5.41, 5.74) is 3.39. The van der Waals surface area contributed by atoms with Crippen LogP contribution in [0.5, 0.6) is 0 Å². The number of aromatic nitrogens is 2. The minimum absolute atomic E-state index is 0.199. The highest BCUT2D eigenvalue weighted by atomic mass is 79.9. The second-order valence-electron chi connectivity index (χ2n) is 3.86. The smallest absolute Gasteiger partial charge is 0.273 e. The Kier molecular flexibility index (Phi) is 3.28. The summed E-state index contributed by atoms with van der Waals surface area (Å²) in [6.45, 7) is 3.97. The predicted molar refractivity (Wildman–Crippen MR) is 70.2 cm³/mol. The number of hydrogen-bond donors (Lipinski definition) is 2. The lowest BCUT2D eigenvalue weighted by Gasteiger charge is -2.10. The van der Waals surface area contributed by atoms with Crippen LogP contribution in [0.1, 0.15) is 21.6 Å². The molecule has 0 aliphatic rings. The lowest BCUT2D eigenvalue weighted by atomic mass is 10.1. The van der Waals surface area contributed by atoms with Gasteiger partial charge in [-0.2, -0.15) is 5.10 Å². The first kappa shape index (κ1) is 11.9. The molecule has 0 saturated carbocycles. The maximum Gasteiger partial charge on any atom is 0.273 e. The van der Waals surface area contributed by atoms with Crippen molar-refractivity contribution in [2.75, 3.05) is 5.32 Å². The van der Waals surface area contributed by atoms with Gasteiger partial charge in [0.25, 0.3) is 5.91 Å². The highest BCUT2D eigenvalue weighted by molar-refractivity contribution is 9.10. The standard InChI is InChI=1S/C12H12BrN3O/c1-7-5-8(2)11(9(13)6-7)15-12(17)10-3-4-14-16-10/h3-6H,1-2H3,(H,14,16)(H,15,17). The zero-order chi connectivity index (χ0) is 12.4. The fourth-order valence-corrected chi connectivity index (χ4v) is 2.41. The molecule has 0 unspecified atom stereocenters. The molecule has 0 fully saturated rings. The van der Waals surface area contributed by atoms with E-state index in [9.17, 15) is 4.79 Å². The molecule has 0 aliphatic heterocycles. The van der Waals surface area contributed by atoms with E-state index in [1.54, 1.807) is 12.3 Å². The molecule has 0 saturated heterocycles. The van der Waals surface area contributed by atoms with Crippen molar-refractivity contribution in [3.8, 4) is 0 Å². The van der Waals surface area contributed by atoms with Crippen LogP contribution >= 0.6 is 15.9 Å². The van der Waals surface area contributed by atoms with Gasteiger partial charge >= 0.3 is 0 Å². The molecule has 0 bridgehead atoms. The number of nitrogens with one attached hydrogen (secondary N) is 2. The lowest BCUT2D eigenvalue weighted by Crippen LogP contribution is -2.13. The Hall–Kier alpha value is -1.62. The summed E-state index contributed by atoms with van der Waals surface area (Å²) in [5.74, 6) is -0.199. The first-order chi connectivity index (χ1) is 8.08. The molecule has 2 N–H and O–H groups in total. The number of amides is 1. The van der Waals surface area contributed by atoms with E-state index in [2.05, 4.69) is 31.4 Å². The number of nitrogens with zero attached hydrogens (tertiary/aromatic N) is 1. The Morgan fingerprint density at radius 1 is 1.41 bits per heavy atom. The normalized spacial score (nSPS) is 10.3. The minimum atomic E-state index is -0.199. The Labute approximate surface area is 108 Å². The van der Waals surface area contributed by atoms with Gasteiger partial charge in [0.15, 0.2) is 0 Å². The number of H-pyrrole nitrogens is 1. The summed E-state index contributed by atoms with van der Waals surface area (Å²) in [6, 6.07) is 5.62. The highest BCUT2D eigenvalue weighted by Gasteiger charge is 2.11. The van der Waals surface area contributed by atoms with Gasteiger partial charge in [-0.25, -0.2) is 0 Å². The molecule has 88 valence electrons. The summed E-state index contributed by atoms with van der Waals surface area (Å²) < 4.78 is 0.878. The quantitative estimate of drug-likeness (QED) is 0.894.